The summed E-state index contributed by atoms with van der Waals surface area (Å²) >= 11 is 6.10. The molecule has 200 valence electrons. The van der Waals surface area contributed by atoms with Crippen LogP contribution in [0.25, 0.3) is 0 Å². The lowest BCUT2D eigenvalue weighted by Gasteiger charge is -2.26. The molecular formula is C27H27ClFN3O6. The smallest absolute Gasteiger partial charge is 0.335 e. The summed E-state index contributed by atoms with van der Waals surface area (Å²) in [5.41, 5.74) is 6.37. The van der Waals surface area contributed by atoms with Crippen LogP contribution in [0, 0.1) is 5.82 Å². The van der Waals surface area contributed by atoms with Crippen LogP contribution in [-0.2, 0) is 11.2 Å². The van der Waals surface area contributed by atoms with E-state index in [1.165, 1.54) is 54.5 Å². The van der Waals surface area contributed by atoms with E-state index in [2.05, 4.69) is 0 Å². The minimum Gasteiger partial charge on any atom is -0.495 e. The number of carboxylic acids is 1. The molecule has 3 amide bonds. The maximum atomic E-state index is 14.4. The van der Waals surface area contributed by atoms with Gasteiger partial charge in [-0.25, -0.2) is 14.0 Å². The molecule has 0 aliphatic heterocycles. The molecule has 0 bridgehead atoms. The van der Waals surface area contributed by atoms with E-state index in [0.29, 0.717) is 11.3 Å². The number of hydrogen-bond acceptors (Lipinski definition) is 5. The number of nitrogens with zero attached hydrogens (tertiary/aromatic N) is 2. The number of halogens is 2. The maximum Gasteiger partial charge on any atom is 0.335 e. The molecule has 0 fully saturated rings. The minimum absolute atomic E-state index is 0.0157. The van der Waals surface area contributed by atoms with Crippen molar-refractivity contribution in [3.63, 3.8) is 0 Å². The number of carbonyl (C=O) groups is 3. The minimum atomic E-state index is -1.10. The highest BCUT2D eigenvalue weighted by Crippen LogP contribution is 2.36. The molecule has 11 heteroatoms. The summed E-state index contributed by atoms with van der Waals surface area (Å²) in [4.78, 5) is 38.7. The van der Waals surface area contributed by atoms with Crippen LogP contribution in [0.2, 0.25) is 5.02 Å². The Morgan fingerprint density at radius 2 is 1.76 bits per heavy atom. The van der Waals surface area contributed by atoms with Crippen molar-refractivity contribution >= 4 is 40.9 Å². The fourth-order valence-corrected chi connectivity index (χ4v) is 3.87. The fraction of sp³-hybridized carbons (Fsp3) is 0.222. The van der Waals surface area contributed by atoms with Crippen molar-refractivity contribution in [3.8, 4) is 11.5 Å². The normalized spacial score (nSPS) is 11.4. The van der Waals surface area contributed by atoms with Crippen molar-refractivity contribution in [3.05, 3.63) is 82.6 Å². The monoisotopic (exact) mass is 543 g/mol. The number of para-hydroxylation sites is 1. The molecule has 0 saturated heterocycles. The summed E-state index contributed by atoms with van der Waals surface area (Å²) in [6, 6.07) is 13.4. The first-order valence-corrected chi connectivity index (χ1v) is 11.8. The SMILES string of the molecule is COc1cc(CC(=O)N(C)[C@@H](C)COc2ccc(C(=O)O)cc2Cl)ccc1N(C(N)=O)c1ccccc1F. The lowest BCUT2D eigenvalue weighted by molar-refractivity contribution is -0.131. The summed E-state index contributed by atoms with van der Waals surface area (Å²) in [7, 11) is 3.02. The van der Waals surface area contributed by atoms with Gasteiger partial charge in [0.05, 0.1) is 41.5 Å². The molecule has 0 heterocycles. The van der Waals surface area contributed by atoms with Gasteiger partial charge in [-0.15, -0.1) is 0 Å². The summed E-state index contributed by atoms with van der Waals surface area (Å²) in [6.45, 7) is 1.91. The van der Waals surface area contributed by atoms with Crippen LogP contribution < -0.4 is 20.1 Å². The number of amides is 3. The Bertz CT molecular complexity index is 1350. The highest BCUT2D eigenvalue weighted by Gasteiger charge is 2.23. The van der Waals surface area contributed by atoms with Gasteiger partial charge < -0.3 is 25.2 Å². The number of nitrogens with two attached hydrogens (primary N) is 1. The van der Waals surface area contributed by atoms with Crippen molar-refractivity contribution in [1.29, 1.82) is 0 Å². The number of rotatable bonds is 10. The Morgan fingerprint density at radius 3 is 2.37 bits per heavy atom. The van der Waals surface area contributed by atoms with Crippen LogP contribution in [0.15, 0.2) is 60.7 Å². The third-order valence-electron chi connectivity index (χ3n) is 5.87. The van der Waals surface area contributed by atoms with E-state index in [1.807, 2.05) is 0 Å². The number of methoxy groups -OCH3 is 1. The first kappa shape index (κ1) is 28.3. The van der Waals surface area contributed by atoms with Gasteiger partial charge in [0.15, 0.2) is 0 Å². The van der Waals surface area contributed by atoms with Gasteiger partial charge in [-0.2, -0.15) is 0 Å². The molecule has 38 heavy (non-hydrogen) atoms. The van der Waals surface area contributed by atoms with Gasteiger partial charge in [-0.1, -0.05) is 29.8 Å². The predicted octanol–water partition coefficient (Wildman–Crippen LogP) is 4.87. The number of anilines is 2. The molecule has 3 aromatic rings. The molecule has 9 nitrogen and oxygen atoms in total. The zero-order valence-corrected chi connectivity index (χ0v) is 21.7. The van der Waals surface area contributed by atoms with Gasteiger partial charge in [-0.3, -0.25) is 9.69 Å². The molecule has 0 aliphatic carbocycles. The Balaban J connectivity index is 1.71. The molecule has 0 aromatic heterocycles. The van der Waals surface area contributed by atoms with Gasteiger partial charge >= 0.3 is 12.0 Å². The largest absolute Gasteiger partial charge is 0.495 e. The van der Waals surface area contributed by atoms with E-state index in [4.69, 9.17) is 31.9 Å². The van der Waals surface area contributed by atoms with E-state index in [0.717, 1.165) is 4.90 Å². The van der Waals surface area contributed by atoms with Gasteiger partial charge in [0.2, 0.25) is 5.91 Å². The second-order valence-corrected chi connectivity index (χ2v) is 8.83. The summed E-state index contributed by atoms with van der Waals surface area (Å²) < 4.78 is 25.5. The molecule has 3 N–H and O–H groups in total. The zero-order chi connectivity index (χ0) is 28.0. The van der Waals surface area contributed by atoms with Crippen molar-refractivity contribution in [2.24, 2.45) is 5.73 Å². The molecule has 0 aliphatic rings. The number of benzene rings is 3. The average Bonchev–Trinajstić information content (AvgIpc) is 2.88. The number of hydrogen-bond donors (Lipinski definition) is 2. The van der Waals surface area contributed by atoms with Crippen LogP contribution in [-0.4, -0.2) is 54.7 Å². The average molecular weight is 544 g/mol. The molecule has 3 aromatic carbocycles. The highest BCUT2D eigenvalue weighted by molar-refractivity contribution is 6.32. The zero-order valence-electron chi connectivity index (χ0n) is 21.0. The van der Waals surface area contributed by atoms with Crippen molar-refractivity contribution < 1.29 is 33.4 Å². The number of likely N-dealkylation sites (N-methyl/N-ethyl adjacent to an activating group) is 1. The first-order valence-electron chi connectivity index (χ1n) is 11.5. The van der Waals surface area contributed by atoms with E-state index in [-0.39, 0.29) is 52.7 Å². The van der Waals surface area contributed by atoms with Crippen LogP contribution in [0.3, 0.4) is 0 Å². The fourth-order valence-electron chi connectivity index (χ4n) is 3.64. The number of carbonyl (C=O) groups excluding carboxylic acids is 2. The number of urea groups is 1. The van der Waals surface area contributed by atoms with E-state index < -0.39 is 17.8 Å². The summed E-state index contributed by atoms with van der Waals surface area (Å²) in [6.07, 6.45) is 0.0157. The maximum absolute atomic E-state index is 14.4. The molecule has 0 radical (unpaired) electrons. The van der Waals surface area contributed by atoms with Crippen molar-refractivity contribution in [2.75, 3.05) is 25.7 Å². The Kier molecular flexibility index (Phi) is 9.14. The number of aromatic carboxylic acids is 1. The van der Waals surface area contributed by atoms with Crippen LogP contribution in [0.1, 0.15) is 22.8 Å². The topological polar surface area (TPSA) is 122 Å². The number of carboxylic acid groups (broad SMARTS) is 1. The lowest BCUT2D eigenvalue weighted by Crippen LogP contribution is -2.39. The van der Waals surface area contributed by atoms with Crippen LogP contribution in [0.4, 0.5) is 20.6 Å². The number of primary amides is 1. The molecular weight excluding hydrogens is 517 g/mol. The third-order valence-corrected chi connectivity index (χ3v) is 6.16. The second-order valence-electron chi connectivity index (χ2n) is 8.42. The third kappa shape index (κ3) is 6.51. The van der Waals surface area contributed by atoms with Crippen LogP contribution >= 0.6 is 11.6 Å². The Hall–Kier alpha value is -4.31. The van der Waals surface area contributed by atoms with E-state index in [1.54, 1.807) is 32.2 Å². The van der Waals surface area contributed by atoms with E-state index >= 15 is 0 Å². The summed E-state index contributed by atoms with van der Waals surface area (Å²) in [5, 5.41) is 9.20. The molecule has 1 atom stereocenters. The number of ether oxygens (including phenoxy) is 2. The van der Waals surface area contributed by atoms with Crippen molar-refractivity contribution in [1.82, 2.24) is 4.90 Å². The van der Waals surface area contributed by atoms with Gasteiger partial charge in [-0.05, 0) is 55.0 Å². The highest BCUT2D eigenvalue weighted by atomic mass is 35.5. The van der Waals surface area contributed by atoms with Gasteiger partial charge in [0, 0.05) is 7.05 Å². The van der Waals surface area contributed by atoms with Gasteiger partial charge in [0.1, 0.15) is 23.9 Å². The summed E-state index contributed by atoms with van der Waals surface area (Å²) in [5.74, 6) is -1.42. The van der Waals surface area contributed by atoms with Crippen LogP contribution in [0.5, 0.6) is 11.5 Å². The Labute approximate surface area is 224 Å². The van der Waals surface area contributed by atoms with E-state index in [9.17, 15) is 18.8 Å². The Morgan fingerprint density at radius 1 is 1.05 bits per heavy atom. The molecule has 0 saturated carbocycles. The molecule has 3 rings (SSSR count). The quantitative estimate of drug-likeness (QED) is 0.376. The van der Waals surface area contributed by atoms with Gasteiger partial charge in [0.25, 0.3) is 0 Å². The molecule has 0 spiro atoms. The standard InChI is InChI=1S/C27H27ClFN3O6/c1-16(15-38-23-11-9-18(26(34)35)14-19(23)28)31(2)25(33)13-17-8-10-22(24(12-17)37-3)32(27(30)36)21-7-5-4-6-20(21)29/h4-12,14,16H,13,15H2,1-3H3,(H2,30,36)(H,34,35)/t16-/m0/s1. The first-order chi connectivity index (χ1) is 18.0. The molecule has 0 unspecified atom stereocenters. The van der Waals surface area contributed by atoms with Crippen molar-refractivity contribution in [2.45, 2.75) is 19.4 Å². The lowest BCUT2D eigenvalue weighted by atomic mass is 10.1. The second kappa shape index (κ2) is 12.3. The predicted molar refractivity (Wildman–Crippen MR) is 141 cm³/mol.